The van der Waals surface area contributed by atoms with Crippen LogP contribution in [0.1, 0.15) is 23.7 Å². The maximum Gasteiger partial charge on any atom is 0.0948 e. The standard InChI is InChI=1S/C14H16N4/c1-18-10-16-9-13(18)7-11-4-6-17-14(11)12-3-2-5-15-8-12/h2-3,5,7-10,14,17H,4,6H2,1H3/b11-7+. The van der Waals surface area contributed by atoms with Crippen molar-refractivity contribution in [3.8, 4) is 0 Å². The average Bonchev–Trinajstić information content (AvgIpc) is 3.01. The average molecular weight is 240 g/mol. The van der Waals surface area contributed by atoms with Crippen molar-refractivity contribution in [3.05, 3.63) is 53.9 Å². The third-order valence-electron chi connectivity index (χ3n) is 3.34. The molecule has 1 saturated heterocycles. The van der Waals surface area contributed by atoms with Crippen LogP contribution in [0, 0.1) is 0 Å². The summed E-state index contributed by atoms with van der Waals surface area (Å²) < 4.78 is 2.03. The monoisotopic (exact) mass is 240 g/mol. The molecule has 4 nitrogen and oxygen atoms in total. The van der Waals surface area contributed by atoms with E-state index in [0.717, 1.165) is 18.7 Å². The minimum Gasteiger partial charge on any atom is -0.334 e. The molecule has 2 aromatic heterocycles. The lowest BCUT2D eigenvalue weighted by Gasteiger charge is -2.12. The molecule has 1 fully saturated rings. The van der Waals surface area contributed by atoms with Gasteiger partial charge in [0.25, 0.3) is 0 Å². The van der Waals surface area contributed by atoms with Crippen LogP contribution in [0.2, 0.25) is 0 Å². The van der Waals surface area contributed by atoms with Gasteiger partial charge in [0.2, 0.25) is 0 Å². The lowest BCUT2D eigenvalue weighted by atomic mass is 10.0. The fourth-order valence-electron chi connectivity index (χ4n) is 2.37. The van der Waals surface area contributed by atoms with E-state index in [1.165, 1.54) is 11.1 Å². The van der Waals surface area contributed by atoms with Gasteiger partial charge in [-0.25, -0.2) is 4.98 Å². The van der Waals surface area contributed by atoms with Crippen LogP contribution in [0.15, 0.2) is 42.6 Å². The van der Waals surface area contributed by atoms with Crippen molar-refractivity contribution in [2.24, 2.45) is 7.05 Å². The number of aryl methyl sites for hydroxylation is 1. The second-order valence-electron chi connectivity index (χ2n) is 4.57. The molecule has 1 aliphatic rings. The van der Waals surface area contributed by atoms with Gasteiger partial charge in [0.15, 0.2) is 0 Å². The normalized spacial score (nSPS) is 21.6. The molecule has 0 amide bonds. The molecule has 0 aliphatic carbocycles. The van der Waals surface area contributed by atoms with Gasteiger partial charge in [-0.1, -0.05) is 6.07 Å². The van der Waals surface area contributed by atoms with Crippen LogP contribution in [0.5, 0.6) is 0 Å². The van der Waals surface area contributed by atoms with E-state index < -0.39 is 0 Å². The van der Waals surface area contributed by atoms with Crippen LogP contribution < -0.4 is 5.32 Å². The van der Waals surface area contributed by atoms with Gasteiger partial charge in [0, 0.05) is 19.4 Å². The fraction of sp³-hybridized carbons (Fsp3) is 0.286. The van der Waals surface area contributed by atoms with Crippen molar-refractivity contribution in [2.45, 2.75) is 12.5 Å². The first-order chi connectivity index (χ1) is 8.84. The van der Waals surface area contributed by atoms with Gasteiger partial charge < -0.3 is 9.88 Å². The Balaban J connectivity index is 1.93. The summed E-state index contributed by atoms with van der Waals surface area (Å²) in [5.41, 5.74) is 3.76. The summed E-state index contributed by atoms with van der Waals surface area (Å²) in [6.45, 7) is 1.02. The zero-order valence-electron chi connectivity index (χ0n) is 10.4. The zero-order chi connectivity index (χ0) is 12.4. The Labute approximate surface area is 106 Å². The Morgan fingerprint density at radius 2 is 2.33 bits per heavy atom. The molecule has 3 rings (SSSR count). The van der Waals surface area contributed by atoms with E-state index in [0.29, 0.717) is 0 Å². The zero-order valence-corrected chi connectivity index (χ0v) is 10.4. The second-order valence-corrected chi connectivity index (χ2v) is 4.57. The highest BCUT2D eigenvalue weighted by Crippen LogP contribution is 2.29. The predicted molar refractivity (Wildman–Crippen MR) is 70.8 cm³/mol. The molecule has 4 heteroatoms. The van der Waals surface area contributed by atoms with Gasteiger partial charge in [-0.05, 0) is 36.2 Å². The SMILES string of the molecule is Cn1cncc1/C=C1\CCNC1c1cccnc1. The molecular formula is C14H16N4. The maximum absolute atomic E-state index is 4.19. The summed E-state index contributed by atoms with van der Waals surface area (Å²) in [5, 5.41) is 3.52. The first-order valence-corrected chi connectivity index (χ1v) is 6.14. The smallest absolute Gasteiger partial charge is 0.0948 e. The highest BCUT2D eigenvalue weighted by molar-refractivity contribution is 5.52. The van der Waals surface area contributed by atoms with E-state index in [9.17, 15) is 0 Å². The summed E-state index contributed by atoms with van der Waals surface area (Å²) in [5.74, 6) is 0. The topological polar surface area (TPSA) is 42.7 Å². The minimum absolute atomic E-state index is 0.286. The van der Waals surface area contributed by atoms with E-state index in [1.807, 2.05) is 42.6 Å². The molecule has 1 atom stereocenters. The Bertz CT molecular complexity index is 556. The van der Waals surface area contributed by atoms with Crippen molar-refractivity contribution in [3.63, 3.8) is 0 Å². The first kappa shape index (κ1) is 11.2. The van der Waals surface area contributed by atoms with Gasteiger partial charge in [-0.15, -0.1) is 0 Å². The minimum atomic E-state index is 0.286. The van der Waals surface area contributed by atoms with Crippen LogP contribution in [-0.4, -0.2) is 21.1 Å². The summed E-state index contributed by atoms with van der Waals surface area (Å²) in [6.07, 6.45) is 10.8. The third kappa shape index (κ3) is 2.07. The van der Waals surface area contributed by atoms with Crippen LogP contribution in [0.4, 0.5) is 0 Å². The van der Waals surface area contributed by atoms with E-state index in [1.54, 1.807) is 0 Å². The number of hydrogen-bond acceptors (Lipinski definition) is 3. The number of aromatic nitrogens is 3. The molecule has 0 spiro atoms. The summed E-state index contributed by atoms with van der Waals surface area (Å²) in [6, 6.07) is 4.39. The molecule has 18 heavy (non-hydrogen) atoms. The Kier molecular flexibility index (Phi) is 2.94. The largest absolute Gasteiger partial charge is 0.334 e. The van der Waals surface area contributed by atoms with Gasteiger partial charge in [0.05, 0.1) is 24.3 Å². The molecule has 1 aliphatic heterocycles. The third-order valence-corrected chi connectivity index (χ3v) is 3.34. The van der Waals surface area contributed by atoms with Crippen LogP contribution in [0.3, 0.4) is 0 Å². The second kappa shape index (κ2) is 4.74. The maximum atomic E-state index is 4.19. The Morgan fingerprint density at radius 1 is 1.39 bits per heavy atom. The summed E-state index contributed by atoms with van der Waals surface area (Å²) in [7, 11) is 2.01. The van der Waals surface area contributed by atoms with E-state index in [4.69, 9.17) is 0 Å². The molecule has 1 N–H and O–H groups in total. The van der Waals surface area contributed by atoms with Crippen LogP contribution in [-0.2, 0) is 7.05 Å². The van der Waals surface area contributed by atoms with E-state index in [2.05, 4.69) is 27.4 Å². The van der Waals surface area contributed by atoms with Gasteiger partial charge >= 0.3 is 0 Å². The number of nitrogens with zero attached hydrogens (tertiary/aromatic N) is 3. The quantitative estimate of drug-likeness (QED) is 0.872. The van der Waals surface area contributed by atoms with Crippen LogP contribution >= 0.6 is 0 Å². The van der Waals surface area contributed by atoms with Crippen molar-refractivity contribution in [2.75, 3.05) is 6.54 Å². The van der Waals surface area contributed by atoms with Gasteiger partial charge in [-0.3, -0.25) is 4.98 Å². The number of nitrogens with one attached hydrogen (secondary N) is 1. The molecule has 2 aromatic rings. The van der Waals surface area contributed by atoms with E-state index >= 15 is 0 Å². The lowest BCUT2D eigenvalue weighted by Crippen LogP contribution is -2.14. The predicted octanol–water partition coefficient (Wildman–Crippen LogP) is 1.93. The Morgan fingerprint density at radius 3 is 3.06 bits per heavy atom. The van der Waals surface area contributed by atoms with Crippen molar-refractivity contribution < 1.29 is 0 Å². The fourth-order valence-corrected chi connectivity index (χ4v) is 2.37. The molecule has 92 valence electrons. The number of imidazole rings is 1. The highest BCUT2D eigenvalue weighted by Gasteiger charge is 2.22. The van der Waals surface area contributed by atoms with Crippen molar-refractivity contribution in [1.82, 2.24) is 19.9 Å². The first-order valence-electron chi connectivity index (χ1n) is 6.14. The van der Waals surface area contributed by atoms with E-state index in [-0.39, 0.29) is 6.04 Å². The molecule has 0 saturated carbocycles. The van der Waals surface area contributed by atoms with Crippen molar-refractivity contribution in [1.29, 1.82) is 0 Å². The lowest BCUT2D eigenvalue weighted by molar-refractivity contribution is 0.706. The number of rotatable bonds is 2. The molecule has 1 unspecified atom stereocenters. The molecule has 0 bridgehead atoms. The Hall–Kier alpha value is -1.94. The molecule has 3 heterocycles. The molecular weight excluding hydrogens is 224 g/mol. The van der Waals surface area contributed by atoms with Crippen LogP contribution in [0.25, 0.3) is 6.08 Å². The van der Waals surface area contributed by atoms with Crippen molar-refractivity contribution >= 4 is 6.08 Å². The number of pyridine rings is 1. The molecule has 0 radical (unpaired) electrons. The summed E-state index contributed by atoms with van der Waals surface area (Å²) >= 11 is 0. The highest BCUT2D eigenvalue weighted by atomic mass is 15.0. The van der Waals surface area contributed by atoms with Gasteiger partial charge in [-0.2, -0.15) is 0 Å². The van der Waals surface area contributed by atoms with Gasteiger partial charge in [0.1, 0.15) is 0 Å². The summed E-state index contributed by atoms with van der Waals surface area (Å²) in [4.78, 5) is 8.34. The molecule has 0 aromatic carbocycles. The number of hydrogen-bond donors (Lipinski definition) is 1.